The van der Waals surface area contributed by atoms with Crippen molar-refractivity contribution in [2.24, 2.45) is 0 Å². The first-order valence-corrected chi connectivity index (χ1v) is 8.03. The number of rotatable bonds is 2. The van der Waals surface area contributed by atoms with Crippen molar-refractivity contribution in [3.8, 4) is 22.5 Å². The van der Waals surface area contributed by atoms with Gasteiger partial charge in [0, 0.05) is 45.3 Å². The molecule has 0 radical (unpaired) electrons. The maximum absolute atomic E-state index is 12.7. The molecule has 0 unspecified atom stereocenters. The molecule has 0 amide bonds. The fraction of sp³-hybridized carbons (Fsp3) is 0. The van der Waals surface area contributed by atoms with Crippen LogP contribution in [0.25, 0.3) is 44.3 Å². The summed E-state index contributed by atoms with van der Waals surface area (Å²) in [6.45, 7) is 0. The Morgan fingerprint density at radius 2 is 1.36 bits per heavy atom. The minimum atomic E-state index is -0.201. The van der Waals surface area contributed by atoms with Gasteiger partial charge in [-0.15, -0.1) is 0 Å². The number of aromatic amines is 3. The fourth-order valence-corrected chi connectivity index (χ4v) is 3.29. The van der Waals surface area contributed by atoms with Crippen LogP contribution >= 0.6 is 0 Å². The summed E-state index contributed by atoms with van der Waals surface area (Å²) in [6.07, 6.45) is 5.44. The lowest BCUT2D eigenvalue weighted by atomic mass is 10.1. The Labute approximate surface area is 142 Å². The van der Waals surface area contributed by atoms with E-state index < -0.39 is 0 Å². The highest BCUT2D eigenvalue weighted by molar-refractivity contribution is 5.96. The van der Waals surface area contributed by atoms with Crippen molar-refractivity contribution < 1.29 is 0 Å². The molecular formula is C20H14N4O. The van der Waals surface area contributed by atoms with Gasteiger partial charge in [-0.1, -0.05) is 36.4 Å². The zero-order valence-corrected chi connectivity index (χ0v) is 13.2. The molecule has 0 spiro atoms. The van der Waals surface area contributed by atoms with E-state index in [9.17, 15) is 4.79 Å². The summed E-state index contributed by atoms with van der Waals surface area (Å²) in [5, 5.41) is 2.04. The van der Waals surface area contributed by atoms with E-state index in [0.717, 1.165) is 32.9 Å². The Hall–Kier alpha value is -3.60. The lowest BCUT2D eigenvalue weighted by molar-refractivity contribution is 1.15. The van der Waals surface area contributed by atoms with Crippen LogP contribution in [0.5, 0.6) is 0 Å². The van der Waals surface area contributed by atoms with E-state index in [1.165, 1.54) is 0 Å². The molecule has 0 saturated carbocycles. The normalized spacial score (nSPS) is 11.4. The lowest BCUT2D eigenvalue weighted by Gasteiger charge is -2.02. The maximum Gasteiger partial charge on any atom is 0.275 e. The predicted molar refractivity (Wildman–Crippen MR) is 99.4 cm³/mol. The van der Waals surface area contributed by atoms with Gasteiger partial charge in [0.1, 0.15) is 5.69 Å². The first-order valence-electron chi connectivity index (χ1n) is 8.03. The molecule has 5 nitrogen and oxygen atoms in total. The molecular weight excluding hydrogens is 312 g/mol. The number of nitrogens with one attached hydrogen (secondary N) is 3. The van der Waals surface area contributed by atoms with E-state index in [1.54, 1.807) is 6.20 Å². The van der Waals surface area contributed by atoms with Gasteiger partial charge in [-0.2, -0.15) is 0 Å². The molecule has 0 atom stereocenters. The Morgan fingerprint density at radius 3 is 2.04 bits per heavy atom. The second-order valence-electron chi connectivity index (χ2n) is 5.97. The Morgan fingerprint density at radius 1 is 0.760 bits per heavy atom. The number of aromatic nitrogens is 4. The van der Waals surface area contributed by atoms with Gasteiger partial charge in [-0.25, -0.2) is 4.98 Å². The van der Waals surface area contributed by atoms with Crippen molar-refractivity contribution in [1.29, 1.82) is 0 Å². The summed E-state index contributed by atoms with van der Waals surface area (Å²) in [6, 6.07) is 15.9. The molecule has 120 valence electrons. The standard InChI is InChI=1S/C20H14N4O/c25-20-19(15-10-22-17-8-4-2-6-13(15)17)23-11-18(24-20)14-9-21-16-7-3-1-5-12(14)16/h1-11,21-22H,(H,24,25). The quantitative estimate of drug-likeness (QED) is 0.457. The van der Waals surface area contributed by atoms with Crippen molar-refractivity contribution in [1.82, 2.24) is 19.9 Å². The van der Waals surface area contributed by atoms with E-state index in [4.69, 9.17) is 0 Å². The first kappa shape index (κ1) is 13.8. The molecule has 25 heavy (non-hydrogen) atoms. The minimum absolute atomic E-state index is 0.201. The van der Waals surface area contributed by atoms with Crippen molar-refractivity contribution in [2.45, 2.75) is 0 Å². The van der Waals surface area contributed by atoms with Crippen molar-refractivity contribution in [2.75, 3.05) is 0 Å². The summed E-state index contributed by atoms with van der Waals surface area (Å²) in [7, 11) is 0. The Balaban J connectivity index is 1.67. The fourth-order valence-electron chi connectivity index (χ4n) is 3.29. The van der Waals surface area contributed by atoms with Crippen LogP contribution in [0.4, 0.5) is 0 Å². The second kappa shape index (κ2) is 5.21. The average molecular weight is 326 g/mol. The number of hydrogen-bond acceptors (Lipinski definition) is 2. The third-order valence-corrected chi connectivity index (χ3v) is 4.51. The highest BCUT2D eigenvalue weighted by Gasteiger charge is 2.13. The first-order chi connectivity index (χ1) is 12.3. The van der Waals surface area contributed by atoms with Gasteiger partial charge in [-0.3, -0.25) is 4.79 Å². The largest absolute Gasteiger partial charge is 0.360 e. The molecule has 0 aliphatic rings. The van der Waals surface area contributed by atoms with Crippen LogP contribution in [0.2, 0.25) is 0 Å². The van der Waals surface area contributed by atoms with Gasteiger partial charge in [0.2, 0.25) is 0 Å². The number of benzene rings is 2. The molecule has 3 N–H and O–H groups in total. The molecule has 3 heterocycles. The molecule has 5 aromatic rings. The number of H-pyrrole nitrogens is 3. The molecule has 0 fully saturated rings. The van der Waals surface area contributed by atoms with Crippen molar-refractivity contribution >= 4 is 21.8 Å². The zero-order chi connectivity index (χ0) is 16.8. The van der Waals surface area contributed by atoms with E-state index in [-0.39, 0.29) is 5.56 Å². The topological polar surface area (TPSA) is 77.3 Å². The van der Waals surface area contributed by atoms with Crippen molar-refractivity contribution in [3.63, 3.8) is 0 Å². The maximum atomic E-state index is 12.7. The lowest BCUT2D eigenvalue weighted by Crippen LogP contribution is -2.11. The van der Waals surface area contributed by atoms with Crippen LogP contribution in [0.15, 0.2) is 71.9 Å². The SMILES string of the molecule is O=c1[nH]c(-c2c[nH]c3ccccc23)cnc1-c1c[nH]c2ccccc12. The number of fused-ring (bicyclic) bond motifs is 2. The molecule has 2 aromatic carbocycles. The molecule has 3 aromatic heterocycles. The van der Waals surface area contributed by atoms with Gasteiger partial charge in [0.25, 0.3) is 5.56 Å². The number of para-hydroxylation sites is 2. The highest BCUT2D eigenvalue weighted by Crippen LogP contribution is 2.28. The smallest absolute Gasteiger partial charge is 0.275 e. The molecule has 0 bridgehead atoms. The van der Waals surface area contributed by atoms with E-state index >= 15 is 0 Å². The van der Waals surface area contributed by atoms with Crippen LogP contribution in [0.3, 0.4) is 0 Å². The zero-order valence-electron chi connectivity index (χ0n) is 13.2. The summed E-state index contributed by atoms with van der Waals surface area (Å²) in [5.41, 5.74) is 4.67. The molecule has 0 saturated heterocycles. The number of nitrogens with zero attached hydrogens (tertiary/aromatic N) is 1. The van der Waals surface area contributed by atoms with Crippen LogP contribution in [-0.4, -0.2) is 19.9 Å². The van der Waals surface area contributed by atoms with E-state index in [0.29, 0.717) is 11.4 Å². The summed E-state index contributed by atoms with van der Waals surface area (Å²) in [5.74, 6) is 0. The molecule has 5 rings (SSSR count). The molecule has 0 aliphatic heterocycles. The summed E-state index contributed by atoms with van der Waals surface area (Å²) >= 11 is 0. The number of hydrogen-bond donors (Lipinski definition) is 3. The van der Waals surface area contributed by atoms with Crippen LogP contribution in [-0.2, 0) is 0 Å². The van der Waals surface area contributed by atoms with Gasteiger partial charge in [0.05, 0.1) is 11.9 Å². The van der Waals surface area contributed by atoms with Crippen LogP contribution in [0.1, 0.15) is 0 Å². The molecule has 5 heteroatoms. The predicted octanol–water partition coefficient (Wildman–Crippen LogP) is 4.07. The van der Waals surface area contributed by atoms with E-state index in [1.807, 2.05) is 60.9 Å². The Kier molecular flexibility index (Phi) is 2.87. The monoisotopic (exact) mass is 326 g/mol. The van der Waals surface area contributed by atoms with Crippen LogP contribution in [0, 0.1) is 0 Å². The third-order valence-electron chi connectivity index (χ3n) is 4.51. The minimum Gasteiger partial charge on any atom is -0.360 e. The molecule has 0 aliphatic carbocycles. The Bertz CT molecular complexity index is 1280. The van der Waals surface area contributed by atoms with Gasteiger partial charge in [-0.05, 0) is 12.1 Å². The van der Waals surface area contributed by atoms with Crippen molar-refractivity contribution in [3.05, 3.63) is 77.5 Å². The highest BCUT2D eigenvalue weighted by atomic mass is 16.1. The second-order valence-corrected chi connectivity index (χ2v) is 5.97. The van der Waals surface area contributed by atoms with Gasteiger partial charge in [0.15, 0.2) is 0 Å². The summed E-state index contributed by atoms with van der Waals surface area (Å²) in [4.78, 5) is 26.5. The van der Waals surface area contributed by atoms with Gasteiger partial charge < -0.3 is 15.0 Å². The van der Waals surface area contributed by atoms with Crippen LogP contribution < -0.4 is 5.56 Å². The third kappa shape index (κ3) is 2.10. The van der Waals surface area contributed by atoms with Gasteiger partial charge >= 0.3 is 0 Å². The van der Waals surface area contributed by atoms with E-state index in [2.05, 4.69) is 19.9 Å². The average Bonchev–Trinajstić information content (AvgIpc) is 3.26. The summed E-state index contributed by atoms with van der Waals surface area (Å²) < 4.78 is 0.